The molecule has 0 N–H and O–H groups in total. The number of amides is 1. The quantitative estimate of drug-likeness (QED) is 0.372. The largest absolute Gasteiger partial charge is 0.422 e. The number of nitrogens with zero attached hydrogens (tertiary/aromatic N) is 5. The van der Waals surface area contributed by atoms with Crippen LogP contribution >= 0.6 is 11.6 Å². The van der Waals surface area contributed by atoms with E-state index in [0.717, 1.165) is 0 Å². The Morgan fingerprint density at radius 3 is 2.50 bits per heavy atom. The molecule has 3 aromatic rings. The highest BCUT2D eigenvalue weighted by Gasteiger charge is 2.25. The molecule has 0 aliphatic carbocycles. The normalized spacial score (nSPS) is 14.3. The summed E-state index contributed by atoms with van der Waals surface area (Å²) in [6.45, 7) is 1.85. The van der Waals surface area contributed by atoms with Crippen LogP contribution in [0.1, 0.15) is 0 Å². The van der Waals surface area contributed by atoms with E-state index < -0.39 is 11.0 Å². The fourth-order valence-electron chi connectivity index (χ4n) is 2.80. The monoisotopic (exact) mass is 403 g/mol. The Morgan fingerprint density at radius 1 is 1.11 bits per heavy atom. The van der Waals surface area contributed by atoms with Crippen molar-refractivity contribution in [3.8, 4) is 5.75 Å². The third-order valence-electron chi connectivity index (χ3n) is 4.27. The molecule has 10 nitrogen and oxygen atoms in total. The van der Waals surface area contributed by atoms with Crippen molar-refractivity contribution in [1.82, 2.24) is 14.9 Å². The SMILES string of the molecule is O=C(Oc1ccc([N+](=O)[O-])cc1)N1CCN(c2nc3nc(Cl)ccc3o2)CC1. The van der Waals surface area contributed by atoms with E-state index in [1.807, 2.05) is 4.90 Å². The van der Waals surface area contributed by atoms with Gasteiger partial charge in [0.05, 0.1) is 4.92 Å². The summed E-state index contributed by atoms with van der Waals surface area (Å²) in [5.41, 5.74) is 0.907. The van der Waals surface area contributed by atoms with E-state index >= 15 is 0 Å². The van der Waals surface area contributed by atoms with Crippen LogP contribution in [0.5, 0.6) is 5.75 Å². The molecule has 0 radical (unpaired) electrons. The molecule has 0 saturated carbocycles. The van der Waals surface area contributed by atoms with E-state index in [1.54, 1.807) is 17.0 Å². The van der Waals surface area contributed by atoms with Gasteiger partial charge in [-0.05, 0) is 24.3 Å². The molecule has 4 rings (SSSR count). The molecule has 0 spiro atoms. The summed E-state index contributed by atoms with van der Waals surface area (Å²) in [5.74, 6) is 0.250. The second kappa shape index (κ2) is 7.31. The van der Waals surface area contributed by atoms with Gasteiger partial charge in [0.1, 0.15) is 10.9 Å². The van der Waals surface area contributed by atoms with Crippen molar-refractivity contribution in [2.24, 2.45) is 0 Å². The fourth-order valence-corrected chi connectivity index (χ4v) is 2.94. The predicted octanol–water partition coefficient (Wildman–Crippen LogP) is 3.11. The minimum atomic E-state index is -0.514. The number of fused-ring (bicyclic) bond motifs is 1. The molecule has 3 heterocycles. The van der Waals surface area contributed by atoms with Gasteiger partial charge in [-0.25, -0.2) is 9.78 Å². The molecule has 1 fully saturated rings. The molecule has 144 valence electrons. The number of non-ortho nitro benzene ring substituents is 1. The van der Waals surface area contributed by atoms with Crippen LogP contribution in [-0.2, 0) is 0 Å². The van der Waals surface area contributed by atoms with Crippen LogP contribution in [0.25, 0.3) is 11.2 Å². The van der Waals surface area contributed by atoms with Crippen molar-refractivity contribution in [2.75, 3.05) is 31.1 Å². The Bertz CT molecular complexity index is 1030. The van der Waals surface area contributed by atoms with Crippen molar-refractivity contribution in [3.05, 3.63) is 51.7 Å². The number of nitro benzene ring substituents is 1. The van der Waals surface area contributed by atoms with Gasteiger partial charge >= 0.3 is 6.09 Å². The molecule has 11 heteroatoms. The van der Waals surface area contributed by atoms with Gasteiger partial charge in [0.2, 0.25) is 5.65 Å². The van der Waals surface area contributed by atoms with E-state index in [9.17, 15) is 14.9 Å². The van der Waals surface area contributed by atoms with Crippen LogP contribution in [0.3, 0.4) is 0 Å². The van der Waals surface area contributed by atoms with E-state index in [4.69, 9.17) is 20.8 Å². The Kier molecular flexibility index (Phi) is 4.70. The maximum atomic E-state index is 12.3. The minimum absolute atomic E-state index is 0.0671. The Hall–Kier alpha value is -3.40. The number of piperazine rings is 1. The first kappa shape index (κ1) is 18.0. The number of carbonyl (C=O) groups excluding carboxylic acids is 1. The summed E-state index contributed by atoms with van der Waals surface area (Å²) in [5, 5.41) is 11.0. The number of anilines is 1. The van der Waals surface area contributed by atoms with Gasteiger partial charge in [0.25, 0.3) is 11.7 Å². The minimum Gasteiger partial charge on any atom is -0.422 e. The molecule has 1 amide bonds. The van der Waals surface area contributed by atoms with E-state index in [1.165, 1.54) is 24.3 Å². The first-order chi connectivity index (χ1) is 13.5. The summed E-state index contributed by atoms with van der Waals surface area (Å²) in [4.78, 5) is 34.3. The number of aromatic nitrogens is 2. The van der Waals surface area contributed by atoms with Gasteiger partial charge < -0.3 is 19.0 Å². The van der Waals surface area contributed by atoms with E-state index in [0.29, 0.717) is 48.6 Å². The number of benzene rings is 1. The lowest BCUT2D eigenvalue weighted by atomic mass is 10.3. The van der Waals surface area contributed by atoms with Crippen molar-refractivity contribution < 1.29 is 18.9 Å². The zero-order chi connectivity index (χ0) is 19.7. The van der Waals surface area contributed by atoms with Gasteiger partial charge in [-0.2, -0.15) is 4.98 Å². The first-order valence-corrected chi connectivity index (χ1v) is 8.76. The second-order valence-electron chi connectivity index (χ2n) is 6.05. The summed E-state index contributed by atoms with van der Waals surface area (Å²) in [6, 6.07) is 9.12. The smallest absolute Gasteiger partial charge is 0.415 e. The van der Waals surface area contributed by atoms with Gasteiger partial charge in [0.15, 0.2) is 5.58 Å². The van der Waals surface area contributed by atoms with Crippen LogP contribution in [0.2, 0.25) is 5.15 Å². The first-order valence-electron chi connectivity index (χ1n) is 8.39. The molecule has 1 aliphatic heterocycles. The van der Waals surface area contributed by atoms with Crippen LogP contribution in [0.15, 0.2) is 40.8 Å². The Morgan fingerprint density at radius 2 is 1.82 bits per heavy atom. The van der Waals surface area contributed by atoms with E-state index in [2.05, 4.69) is 9.97 Å². The molecule has 2 aromatic heterocycles. The van der Waals surface area contributed by atoms with Gasteiger partial charge in [0, 0.05) is 38.3 Å². The molecule has 1 aliphatic rings. The summed E-state index contributed by atoms with van der Waals surface area (Å²) in [7, 11) is 0. The Balaban J connectivity index is 1.36. The third-order valence-corrected chi connectivity index (χ3v) is 4.48. The van der Waals surface area contributed by atoms with Crippen LogP contribution in [0, 0.1) is 10.1 Å². The zero-order valence-electron chi connectivity index (χ0n) is 14.4. The van der Waals surface area contributed by atoms with Crippen molar-refractivity contribution >= 4 is 40.6 Å². The van der Waals surface area contributed by atoms with Crippen LogP contribution in [0.4, 0.5) is 16.5 Å². The molecule has 0 bridgehead atoms. The number of oxazole rings is 1. The molecular weight excluding hydrogens is 390 g/mol. The summed E-state index contributed by atoms with van der Waals surface area (Å²) >= 11 is 5.86. The number of ether oxygens (including phenoxy) is 1. The highest BCUT2D eigenvalue weighted by Crippen LogP contribution is 2.23. The Labute approximate surface area is 163 Å². The van der Waals surface area contributed by atoms with Crippen molar-refractivity contribution in [1.29, 1.82) is 0 Å². The molecule has 28 heavy (non-hydrogen) atoms. The van der Waals surface area contributed by atoms with Crippen LogP contribution < -0.4 is 9.64 Å². The zero-order valence-corrected chi connectivity index (χ0v) is 15.2. The number of rotatable bonds is 3. The predicted molar refractivity (Wildman–Crippen MR) is 99.7 cm³/mol. The standard InChI is InChI=1S/C17H14ClN5O5/c18-14-6-5-13-15(19-14)20-16(28-13)21-7-9-22(10-8-21)17(24)27-12-3-1-11(2-4-12)23(25)26/h1-6H,7-10H2. The molecule has 1 aromatic carbocycles. The lowest BCUT2D eigenvalue weighted by Gasteiger charge is -2.32. The number of hydrogen-bond acceptors (Lipinski definition) is 8. The molecule has 1 saturated heterocycles. The number of halogens is 1. The maximum absolute atomic E-state index is 12.3. The highest BCUT2D eigenvalue weighted by atomic mass is 35.5. The summed E-state index contributed by atoms with van der Waals surface area (Å²) < 4.78 is 11.0. The fraction of sp³-hybridized carbons (Fsp3) is 0.235. The molecular formula is C17H14ClN5O5. The topological polar surface area (TPSA) is 115 Å². The van der Waals surface area contributed by atoms with Gasteiger partial charge in [-0.1, -0.05) is 11.6 Å². The third kappa shape index (κ3) is 3.67. The number of carbonyl (C=O) groups is 1. The van der Waals surface area contributed by atoms with Crippen molar-refractivity contribution in [2.45, 2.75) is 0 Å². The van der Waals surface area contributed by atoms with E-state index in [-0.39, 0.29) is 11.4 Å². The van der Waals surface area contributed by atoms with Crippen molar-refractivity contribution in [3.63, 3.8) is 0 Å². The second-order valence-corrected chi connectivity index (χ2v) is 6.43. The number of hydrogen-bond donors (Lipinski definition) is 0. The lowest BCUT2D eigenvalue weighted by molar-refractivity contribution is -0.384. The van der Waals surface area contributed by atoms with Crippen LogP contribution in [-0.4, -0.2) is 52.1 Å². The van der Waals surface area contributed by atoms with Gasteiger partial charge in [-0.3, -0.25) is 10.1 Å². The van der Waals surface area contributed by atoms with Gasteiger partial charge in [-0.15, -0.1) is 0 Å². The maximum Gasteiger partial charge on any atom is 0.415 e. The number of pyridine rings is 1. The molecule has 0 unspecified atom stereocenters. The lowest BCUT2D eigenvalue weighted by Crippen LogP contribution is -2.49. The highest BCUT2D eigenvalue weighted by molar-refractivity contribution is 6.29. The number of nitro groups is 1. The average molecular weight is 404 g/mol. The molecule has 0 atom stereocenters. The average Bonchev–Trinajstić information content (AvgIpc) is 3.11. The summed E-state index contributed by atoms with van der Waals surface area (Å²) in [6.07, 6.45) is -0.514.